The fourth-order valence-corrected chi connectivity index (χ4v) is 4.13. The summed E-state index contributed by atoms with van der Waals surface area (Å²) >= 11 is 0. The van der Waals surface area contributed by atoms with Gasteiger partial charge in [0.25, 0.3) is 0 Å². The van der Waals surface area contributed by atoms with Crippen molar-refractivity contribution in [3.63, 3.8) is 0 Å². The van der Waals surface area contributed by atoms with Gasteiger partial charge in [0.15, 0.2) is 17.5 Å². The molecule has 0 N–H and O–H groups in total. The minimum atomic E-state index is -1.06. The van der Waals surface area contributed by atoms with E-state index >= 15 is 0 Å². The molecule has 0 aliphatic rings. The second kappa shape index (κ2) is 11.0. The van der Waals surface area contributed by atoms with Gasteiger partial charge in [0.2, 0.25) is 0 Å². The number of hydrogen-bond donors (Lipinski definition) is 0. The maximum atomic E-state index is 9.53. The van der Waals surface area contributed by atoms with Gasteiger partial charge < -0.3 is 0 Å². The van der Waals surface area contributed by atoms with Crippen LogP contribution in [0.1, 0.15) is 37.0 Å². The van der Waals surface area contributed by atoms with Gasteiger partial charge in [-0.05, 0) is 61.9 Å². The number of rotatable bonds is 5. The van der Waals surface area contributed by atoms with Crippen molar-refractivity contribution in [3.8, 4) is 56.4 Å². The summed E-state index contributed by atoms with van der Waals surface area (Å²) in [6.07, 6.45) is 0. The second-order valence-corrected chi connectivity index (χ2v) is 8.81. The Labute approximate surface area is 294 Å². The smallest absolute Gasteiger partial charge is 0.164 e. The first-order chi connectivity index (χ1) is 33.0. The van der Waals surface area contributed by atoms with Gasteiger partial charge in [-0.15, -0.1) is 0 Å². The molecule has 0 spiro atoms. The van der Waals surface area contributed by atoms with Gasteiger partial charge in [0, 0.05) is 16.7 Å². The van der Waals surface area contributed by atoms with Crippen molar-refractivity contribution in [2.24, 2.45) is 0 Å². The first-order valence-electron chi connectivity index (χ1n) is 26.1. The van der Waals surface area contributed by atoms with Gasteiger partial charge in [-0.1, -0.05) is 145 Å². The van der Waals surface area contributed by atoms with Gasteiger partial charge in [-0.25, -0.2) is 15.0 Å². The van der Waals surface area contributed by atoms with Crippen molar-refractivity contribution in [2.75, 3.05) is 0 Å². The predicted octanol–water partition coefficient (Wildman–Crippen LogP) is 10.5. The van der Waals surface area contributed by atoms with Crippen molar-refractivity contribution in [1.82, 2.24) is 15.0 Å². The number of fused-ring (bicyclic) bond motifs is 2. The van der Waals surface area contributed by atoms with Crippen LogP contribution in [0.4, 0.5) is 0 Å². The van der Waals surface area contributed by atoms with Crippen molar-refractivity contribution in [3.05, 3.63) is 163 Å². The number of benzene rings is 7. The summed E-state index contributed by atoms with van der Waals surface area (Å²) in [5.74, 6) is -2.60. The summed E-state index contributed by atoms with van der Waals surface area (Å²) in [6.45, 7) is 0. The Hall–Kier alpha value is -5.93. The molecule has 3 heteroatoms. The molecular weight excluding hydrogens is 534 g/mol. The highest BCUT2D eigenvalue weighted by Crippen LogP contribution is 2.33. The Balaban J connectivity index is 1.52. The highest BCUT2D eigenvalue weighted by Gasteiger charge is 2.15. The van der Waals surface area contributed by atoms with Gasteiger partial charge in [-0.2, -0.15) is 0 Å². The molecule has 0 aliphatic carbocycles. The van der Waals surface area contributed by atoms with Crippen LogP contribution in [0, 0.1) is 0 Å². The molecule has 0 unspecified atom stereocenters. The Bertz CT molecular complexity index is 3730. The van der Waals surface area contributed by atoms with Crippen LogP contribution in [0.15, 0.2) is 163 Å². The third kappa shape index (κ3) is 4.91. The highest BCUT2D eigenvalue weighted by atomic mass is 15.0. The Morgan fingerprint density at radius 2 is 0.818 bits per heavy atom. The van der Waals surface area contributed by atoms with E-state index in [0.29, 0.717) is 0 Å². The van der Waals surface area contributed by atoms with Crippen LogP contribution < -0.4 is 0 Å². The molecule has 0 saturated heterocycles. The van der Waals surface area contributed by atoms with Crippen LogP contribution >= 0.6 is 0 Å². The van der Waals surface area contributed by atoms with Crippen molar-refractivity contribution in [2.45, 2.75) is 0 Å². The quantitative estimate of drug-likeness (QED) is 0.201. The lowest BCUT2D eigenvalue weighted by Crippen LogP contribution is -2.00. The number of hydrogen-bond acceptors (Lipinski definition) is 3. The van der Waals surface area contributed by atoms with E-state index in [2.05, 4.69) is 15.0 Å². The maximum Gasteiger partial charge on any atom is 0.164 e. The molecule has 3 nitrogen and oxygen atoms in total. The fraction of sp³-hybridized carbons (Fsp3) is 0. The molecule has 0 radical (unpaired) electrons. The van der Waals surface area contributed by atoms with Gasteiger partial charge in [0.1, 0.15) is 0 Å². The Kier molecular flexibility index (Phi) is 2.53. The number of nitrogens with zero attached hydrogens (tertiary/aromatic N) is 3. The van der Waals surface area contributed by atoms with E-state index < -0.39 is 241 Å². The monoisotopic (exact) mass is 588 g/mol. The summed E-state index contributed by atoms with van der Waals surface area (Å²) < 4.78 is 235. The van der Waals surface area contributed by atoms with Gasteiger partial charge >= 0.3 is 0 Å². The van der Waals surface area contributed by atoms with Gasteiger partial charge in [-0.3, -0.25) is 0 Å². The normalized spacial score (nSPS) is 19.8. The van der Waals surface area contributed by atoms with Crippen LogP contribution in [-0.4, -0.2) is 15.0 Å². The molecule has 0 aliphatic heterocycles. The molecule has 0 atom stereocenters. The average molecular weight is 589 g/mol. The minimum absolute atomic E-state index is 0.579. The van der Waals surface area contributed by atoms with Crippen LogP contribution in [0.3, 0.4) is 0 Å². The van der Waals surface area contributed by atoms with Crippen LogP contribution in [0.2, 0.25) is 0 Å². The van der Waals surface area contributed by atoms with Gasteiger partial charge in [0.05, 0.1) is 37.0 Å². The summed E-state index contributed by atoms with van der Waals surface area (Å²) in [4.78, 5) is 12.8. The van der Waals surface area contributed by atoms with E-state index in [0.717, 1.165) is 0 Å². The molecule has 8 aromatic rings. The fourth-order valence-electron chi connectivity index (χ4n) is 4.13. The molecule has 44 heavy (non-hydrogen) atoms. The largest absolute Gasteiger partial charge is 0.208 e. The van der Waals surface area contributed by atoms with E-state index in [-0.39, 0.29) is 0 Å². The lowest BCUT2D eigenvalue weighted by molar-refractivity contribution is 1.08. The molecule has 0 saturated carbocycles. The molecule has 8 rings (SSSR count). The zero-order valence-corrected chi connectivity index (χ0v) is 21.8. The second-order valence-electron chi connectivity index (χ2n) is 8.81. The van der Waals surface area contributed by atoms with E-state index in [9.17, 15) is 2.74 Å². The Morgan fingerprint density at radius 1 is 0.318 bits per heavy atom. The predicted molar refractivity (Wildman–Crippen MR) is 182 cm³/mol. The number of aromatic nitrogens is 3. The third-order valence-corrected chi connectivity index (χ3v) is 6.12. The molecular formula is C41H27N3. The van der Waals surface area contributed by atoms with E-state index in [4.69, 9.17) is 34.3 Å². The van der Waals surface area contributed by atoms with Crippen molar-refractivity contribution in [1.29, 1.82) is 0 Å². The lowest BCUT2D eigenvalue weighted by atomic mass is 9.97. The van der Waals surface area contributed by atoms with E-state index in [1.54, 1.807) is 0 Å². The zero-order chi connectivity index (χ0) is 52.8. The summed E-state index contributed by atoms with van der Waals surface area (Å²) in [6, 6.07) is -24.6. The third-order valence-electron chi connectivity index (χ3n) is 6.12. The first kappa shape index (κ1) is 10.1. The first-order valence-corrected chi connectivity index (χ1v) is 12.6. The molecule has 0 bridgehead atoms. The molecule has 0 amide bonds. The standard InChI is InChI=1S/C41H27N3/c1-3-11-28(12-4-1)32-21-22-35-26-33(23-24-34(35)25-32)31-17-9-18-36(27-31)40-42-39(30-14-5-2-6-15-30)43-41(44-40)38-20-10-16-29-13-7-8-19-37(29)38/h1-27H/i1D,2D,3D,4D,5D,6D,7D,8D,9D,10D,11D,12D,13D,14D,15D,16D,17D,18D,19D,20D,21D,22D,23D,24D,25D,26D,27D. The SMILES string of the molecule is [2H]c1c([2H])c([2H])c(-c2nc(-c3c([2H])c([2H])c([2H])c(-c4c([2H])c([2H])c5c([2H])c(-c6c([2H])c([2H])c([2H])c([2H])c6[2H])c([2H])c([2H])c5c4[2H])c3[2H])nc(-c3c([2H])c([2H])c([2H])c4c([2H])c([2H])c([2H])c([2H])c34)n2)c([2H])c1[2H]. The van der Waals surface area contributed by atoms with Crippen LogP contribution in [0.25, 0.3) is 78.0 Å². The Morgan fingerprint density at radius 3 is 1.57 bits per heavy atom. The zero-order valence-electron chi connectivity index (χ0n) is 48.8. The highest BCUT2D eigenvalue weighted by molar-refractivity contribution is 5.95. The summed E-state index contributed by atoms with van der Waals surface area (Å²) in [5.41, 5.74) is -5.39. The lowest BCUT2D eigenvalue weighted by Gasteiger charge is -2.11. The van der Waals surface area contributed by atoms with E-state index in [1.165, 1.54) is 0 Å². The molecule has 0 fully saturated rings. The van der Waals surface area contributed by atoms with Crippen LogP contribution in [0.5, 0.6) is 0 Å². The van der Waals surface area contributed by atoms with E-state index in [1.807, 2.05) is 0 Å². The summed E-state index contributed by atoms with van der Waals surface area (Å²) in [7, 11) is 0. The molecule has 1 heterocycles. The molecule has 7 aromatic carbocycles. The summed E-state index contributed by atoms with van der Waals surface area (Å²) in [5, 5.41) is -2.55. The van der Waals surface area contributed by atoms with Crippen LogP contribution in [-0.2, 0) is 0 Å². The average Bonchev–Trinajstić information content (AvgIpc) is 3.33. The van der Waals surface area contributed by atoms with Crippen molar-refractivity contribution >= 4 is 21.5 Å². The maximum absolute atomic E-state index is 9.53. The topological polar surface area (TPSA) is 38.7 Å². The minimum Gasteiger partial charge on any atom is -0.208 e. The van der Waals surface area contributed by atoms with Crippen molar-refractivity contribution < 1.29 is 37.0 Å². The molecule has 206 valence electrons. The molecule has 1 aromatic heterocycles.